The van der Waals surface area contributed by atoms with Crippen LogP contribution in [-0.2, 0) is 6.42 Å². The average molecular weight is 419 g/mol. The van der Waals surface area contributed by atoms with Gasteiger partial charge in [-0.15, -0.1) is 0 Å². The SMILES string of the molecule is Cc1cc(F)cc2[nH]c(C(=O)NC(C)(CO)Cc3ccc(Br)cc3)cc12. The molecule has 0 saturated heterocycles. The number of amides is 1. The highest BCUT2D eigenvalue weighted by molar-refractivity contribution is 9.10. The van der Waals surface area contributed by atoms with Crippen LogP contribution in [0.5, 0.6) is 0 Å². The molecule has 2 aromatic carbocycles. The summed E-state index contributed by atoms with van der Waals surface area (Å²) in [6.07, 6.45) is 0.483. The molecule has 3 rings (SSSR count). The number of aromatic amines is 1. The van der Waals surface area contributed by atoms with E-state index in [9.17, 15) is 14.3 Å². The molecule has 0 radical (unpaired) electrons. The Balaban J connectivity index is 1.82. The first-order chi connectivity index (χ1) is 12.3. The number of aliphatic hydroxyl groups excluding tert-OH is 1. The Kier molecular flexibility index (Phi) is 5.16. The number of hydrogen-bond acceptors (Lipinski definition) is 2. The summed E-state index contributed by atoms with van der Waals surface area (Å²) in [5.74, 6) is -0.686. The van der Waals surface area contributed by atoms with Crippen LogP contribution in [0.2, 0.25) is 0 Å². The van der Waals surface area contributed by atoms with E-state index >= 15 is 0 Å². The molecule has 1 heterocycles. The zero-order chi connectivity index (χ0) is 18.9. The monoisotopic (exact) mass is 418 g/mol. The van der Waals surface area contributed by atoms with Gasteiger partial charge in [0.25, 0.3) is 5.91 Å². The molecule has 26 heavy (non-hydrogen) atoms. The summed E-state index contributed by atoms with van der Waals surface area (Å²) >= 11 is 3.39. The lowest BCUT2D eigenvalue weighted by atomic mass is 9.93. The quantitative estimate of drug-likeness (QED) is 0.583. The van der Waals surface area contributed by atoms with Gasteiger partial charge in [-0.25, -0.2) is 4.39 Å². The van der Waals surface area contributed by atoms with E-state index < -0.39 is 5.54 Å². The number of H-pyrrole nitrogens is 1. The first kappa shape index (κ1) is 18.6. The van der Waals surface area contributed by atoms with Crippen LogP contribution in [0.1, 0.15) is 28.5 Å². The van der Waals surface area contributed by atoms with E-state index in [0.29, 0.717) is 17.6 Å². The summed E-state index contributed by atoms with van der Waals surface area (Å²) in [6.45, 7) is 3.38. The molecule has 0 saturated carbocycles. The smallest absolute Gasteiger partial charge is 0.268 e. The summed E-state index contributed by atoms with van der Waals surface area (Å²) < 4.78 is 14.5. The lowest BCUT2D eigenvalue weighted by molar-refractivity contribution is 0.0848. The highest BCUT2D eigenvalue weighted by atomic mass is 79.9. The number of carbonyl (C=O) groups excluding carboxylic acids is 1. The molecule has 0 aliphatic heterocycles. The van der Waals surface area contributed by atoms with E-state index in [1.807, 2.05) is 24.3 Å². The topological polar surface area (TPSA) is 65.1 Å². The molecule has 3 aromatic rings. The average Bonchev–Trinajstić information content (AvgIpc) is 3.01. The van der Waals surface area contributed by atoms with Crippen LogP contribution in [0.25, 0.3) is 10.9 Å². The number of benzene rings is 2. The Hall–Kier alpha value is -2.18. The summed E-state index contributed by atoms with van der Waals surface area (Å²) in [5.41, 5.74) is 1.85. The van der Waals surface area contributed by atoms with Crippen molar-refractivity contribution in [1.29, 1.82) is 0 Å². The van der Waals surface area contributed by atoms with E-state index in [4.69, 9.17) is 0 Å². The minimum atomic E-state index is -0.817. The summed E-state index contributed by atoms with van der Waals surface area (Å²) in [4.78, 5) is 15.6. The van der Waals surface area contributed by atoms with Crippen molar-refractivity contribution in [3.63, 3.8) is 0 Å². The fraction of sp³-hybridized carbons (Fsp3) is 0.250. The lowest BCUT2D eigenvalue weighted by Crippen LogP contribution is -2.50. The summed E-state index contributed by atoms with van der Waals surface area (Å²) in [5, 5.41) is 13.5. The van der Waals surface area contributed by atoms with Gasteiger partial charge in [0.2, 0.25) is 0 Å². The Morgan fingerprint density at radius 1 is 1.27 bits per heavy atom. The Morgan fingerprint density at radius 2 is 1.96 bits per heavy atom. The number of aromatic nitrogens is 1. The van der Waals surface area contributed by atoms with Gasteiger partial charge in [0.1, 0.15) is 11.5 Å². The Morgan fingerprint density at radius 3 is 2.62 bits per heavy atom. The van der Waals surface area contributed by atoms with Crippen molar-refractivity contribution < 1.29 is 14.3 Å². The molecule has 6 heteroatoms. The molecular formula is C20H20BrFN2O2. The van der Waals surface area contributed by atoms with Crippen molar-refractivity contribution >= 4 is 32.7 Å². The van der Waals surface area contributed by atoms with Crippen LogP contribution in [0.3, 0.4) is 0 Å². The Labute approximate surface area is 159 Å². The molecule has 4 nitrogen and oxygen atoms in total. The zero-order valence-electron chi connectivity index (χ0n) is 14.6. The van der Waals surface area contributed by atoms with Gasteiger partial charge < -0.3 is 15.4 Å². The fourth-order valence-electron chi connectivity index (χ4n) is 3.03. The van der Waals surface area contributed by atoms with Crippen molar-refractivity contribution in [2.45, 2.75) is 25.8 Å². The molecule has 0 spiro atoms. The molecular weight excluding hydrogens is 399 g/mol. The minimum absolute atomic E-state index is 0.206. The number of fused-ring (bicyclic) bond motifs is 1. The largest absolute Gasteiger partial charge is 0.394 e. The second-order valence-corrected chi connectivity index (χ2v) is 7.76. The van der Waals surface area contributed by atoms with E-state index in [0.717, 1.165) is 21.0 Å². The van der Waals surface area contributed by atoms with Crippen molar-refractivity contribution in [3.8, 4) is 0 Å². The van der Waals surface area contributed by atoms with E-state index in [1.165, 1.54) is 12.1 Å². The predicted molar refractivity (Wildman–Crippen MR) is 104 cm³/mol. The second kappa shape index (κ2) is 7.21. The van der Waals surface area contributed by atoms with E-state index in [1.54, 1.807) is 19.9 Å². The van der Waals surface area contributed by atoms with Crippen LogP contribution in [0.15, 0.2) is 46.9 Å². The van der Waals surface area contributed by atoms with Crippen LogP contribution in [-0.4, -0.2) is 28.1 Å². The maximum Gasteiger partial charge on any atom is 0.268 e. The standard InChI is InChI=1S/C20H20BrFN2O2/c1-12-7-15(22)8-17-16(12)9-18(23-17)19(26)24-20(2,11-25)10-13-3-5-14(21)6-4-13/h3-9,23,25H,10-11H2,1-2H3,(H,24,26). The summed E-state index contributed by atoms with van der Waals surface area (Å²) in [7, 11) is 0. The highest BCUT2D eigenvalue weighted by Crippen LogP contribution is 2.22. The first-order valence-corrected chi connectivity index (χ1v) is 9.06. The van der Waals surface area contributed by atoms with Gasteiger partial charge in [-0.3, -0.25) is 4.79 Å². The van der Waals surface area contributed by atoms with Gasteiger partial charge in [0.15, 0.2) is 0 Å². The summed E-state index contributed by atoms with van der Waals surface area (Å²) in [6, 6.07) is 12.2. The number of carbonyl (C=O) groups is 1. The van der Waals surface area contributed by atoms with Crippen molar-refractivity contribution in [1.82, 2.24) is 10.3 Å². The van der Waals surface area contributed by atoms with Gasteiger partial charge in [0, 0.05) is 15.4 Å². The third-order valence-corrected chi connectivity index (χ3v) is 4.95. The number of halogens is 2. The van der Waals surface area contributed by atoms with Gasteiger partial charge in [-0.1, -0.05) is 28.1 Å². The molecule has 3 N–H and O–H groups in total. The van der Waals surface area contributed by atoms with Gasteiger partial charge in [-0.2, -0.15) is 0 Å². The van der Waals surface area contributed by atoms with Crippen molar-refractivity contribution in [2.75, 3.05) is 6.61 Å². The predicted octanol–water partition coefficient (Wildman–Crippen LogP) is 4.10. The molecule has 1 unspecified atom stereocenters. The van der Waals surface area contributed by atoms with Gasteiger partial charge in [0.05, 0.1) is 12.1 Å². The Bertz CT molecular complexity index is 952. The van der Waals surface area contributed by atoms with Crippen LogP contribution in [0, 0.1) is 12.7 Å². The maximum absolute atomic E-state index is 13.5. The number of rotatable bonds is 5. The molecule has 136 valence electrons. The molecule has 0 bridgehead atoms. The molecule has 1 amide bonds. The maximum atomic E-state index is 13.5. The third-order valence-electron chi connectivity index (χ3n) is 4.43. The lowest BCUT2D eigenvalue weighted by Gasteiger charge is -2.28. The highest BCUT2D eigenvalue weighted by Gasteiger charge is 2.27. The van der Waals surface area contributed by atoms with Gasteiger partial charge >= 0.3 is 0 Å². The number of aryl methyl sites for hydroxylation is 1. The van der Waals surface area contributed by atoms with Crippen molar-refractivity contribution in [2.24, 2.45) is 0 Å². The molecule has 1 atom stereocenters. The van der Waals surface area contributed by atoms with Crippen molar-refractivity contribution in [3.05, 3.63) is 69.6 Å². The number of nitrogens with one attached hydrogen (secondary N) is 2. The number of aliphatic hydroxyl groups is 1. The van der Waals surface area contributed by atoms with Crippen LogP contribution in [0.4, 0.5) is 4.39 Å². The normalized spacial score (nSPS) is 13.6. The first-order valence-electron chi connectivity index (χ1n) is 8.26. The van der Waals surface area contributed by atoms with E-state index in [2.05, 4.69) is 26.2 Å². The van der Waals surface area contributed by atoms with Crippen LogP contribution >= 0.6 is 15.9 Å². The zero-order valence-corrected chi connectivity index (χ0v) is 16.2. The molecule has 0 fully saturated rings. The molecule has 0 aliphatic rings. The fourth-order valence-corrected chi connectivity index (χ4v) is 3.30. The van der Waals surface area contributed by atoms with E-state index in [-0.39, 0.29) is 18.3 Å². The third kappa shape index (κ3) is 3.97. The molecule has 0 aliphatic carbocycles. The molecule has 1 aromatic heterocycles. The van der Waals surface area contributed by atoms with Gasteiger partial charge in [-0.05, 0) is 61.7 Å². The second-order valence-electron chi connectivity index (χ2n) is 6.84. The van der Waals surface area contributed by atoms with Crippen LogP contribution < -0.4 is 5.32 Å². The minimum Gasteiger partial charge on any atom is -0.394 e. The number of hydrogen-bond donors (Lipinski definition) is 3.